The van der Waals surface area contributed by atoms with Crippen LogP contribution in [-0.2, 0) is 4.74 Å². The first-order valence-corrected chi connectivity index (χ1v) is 8.65. The summed E-state index contributed by atoms with van der Waals surface area (Å²) in [5.41, 5.74) is 1.44. The van der Waals surface area contributed by atoms with Crippen molar-refractivity contribution in [2.45, 2.75) is 6.92 Å². The third-order valence-corrected chi connectivity index (χ3v) is 4.50. The van der Waals surface area contributed by atoms with Gasteiger partial charge in [-0.15, -0.1) is 0 Å². The second-order valence-corrected chi connectivity index (χ2v) is 6.41. The number of anilines is 2. The summed E-state index contributed by atoms with van der Waals surface area (Å²) in [6.07, 6.45) is 1.45. The SMILES string of the molecule is Cc1oc2ncnc(N3CCOCC3)c2c1C(=O)Nc1cccc(Cl)c1. The van der Waals surface area contributed by atoms with E-state index in [0.717, 1.165) is 0 Å². The molecule has 1 aliphatic heterocycles. The second-order valence-electron chi connectivity index (χ2n) is 5.97. The second kappa shape index (κ2) is 6.93. The van der Waals surface area contributed by atoms with Crippen LogP contribution in [0.3, 0.4) is 0 Å². The van der Waals surface area contributed by atoms with Gasteiger partial charge in [-0.3, -0.25) is 4.79 Å². The Balaban J connectivity index is 1.76. The average molecular weight is 373 g/mol. The van der Waals surface area contributed by atoms with E-state index in [1.807, 2.05) is 0 Å². The van der Waals surface area contributed by atoms with E-state index < -0.39 is 0 Å². The van der Waals surface area contributed by atoms with Gasteiger partial charge in [-0.2, -0.15) is 0 Å². The maximum atomic E-state index is 12.9. The van der Waals surface area contributed by atoms with Gasteiger partial charge in [0.05, 0.1) is 24.2 Å². The summed E-state index contributed by atoms with van der Waals surface area (Å²) in [5, 5.41) is 4.03. The quantitative estimate of drug-likeness (QED) is 0.760. The van der Waals surface area contributed by atoms with E-state index in [9.17, 15) is 4.79 Å². The van der Waals surface area contributed by atoms with E-state index >= 15 is 0 Å². The normalized spacial score (nSPS) is 14.6. The van der Waals surface area contributed by atoms with Gasteiger partial charge in [-0.25, -0.2) is 9.97 Å². The topological polar surface area (TPSA) is 80.5 Å². The number of nitrogens with one attached hydrogen (secondary N) is 1. The Bertz CT molecular complexity index is 966. The molecule has 0 saturated carbocycles. The van der Waals surface area contributed by atoms with Crippen LogP contribution in [-0.4, -0.2) is 42.2 Å². The number of rotatable bonds is 3. The van der Waals surface area contributed by atoms with Crippen LogP contribution in [0.2, 0.25) is 5.02 Å². The molecule has 134 valence electrons. The predicted octanol–water partition coefficient (Wildman–Crippen LogP) is 3.27. The van der Waals surface area contributed by atoms with Crippen molar-refractivity contribution >= 4 is 40.1 Å². The Labute approximate surface area is 154 Å². The van der Waals surface area contributed by atoms with Crippen LogP contribution in [0.4, 0.5) is 11.5 Å². The molecule has 1 N–H and O–H groups in total. The van der Waals surface area contributed by atoms with Crippen molar-refractivity contribution < 1.29 is 13.9 Å². The molecule has 26 heavy (non-hydrogen) atoms. The molecule has 0 spiro atoms. The van der Waals surface area contributed by atoms with E-state index in [2.05, 4.69) is 20.2 Å². The zero-order valence-electron chi connectivity index (χ0n) is 14.2. The van der Waals surface area contributed by atoms with Crippen LogP contribution in [0.5, 0.6) is 0 Å². The first-order valence-electron chi connectivity index (χ1n) is 8.27. The number of hydrogen-bond donors (Lipinski definition) is 1. The van der Waals surface area contributed by atoms with Crippen molar-refractivity contribution in [3.8, 4) is 0 Å². The summed E-state index contributed by atoms with van der Waals surface area (Å²) >= 11 is 6.00. The minimum atomic E-state index is -0.284. The molecule has 0 unspecified atom stereocenters. The molecular formula is C18H17ClN4O3. The molecule has 0 bridgehead atoms. The summed E-state index contributed by atoms with van der Waals surface area (Å²) in [6, 6.07) is 7.00. The van der Waals surface area contributed by atoms with Gasteiger partial charge in [-0.1, -0.05) is 17.7 Å². The maximum Gasteiger partial charge on any atom is 0.260 e. The number of amides is 1. The first kappa shape index (κ1) is 16.8. The van der Waals surface area contributed by atoms with Crippen LogP contribution in [0.1, 0.15) is 16.1 Å². The lowest BCUT2D eigenvalue weighted by molar-refractivity contribution is 0.102. The minimum Gasteiger partial charge on any atom is -0.442 e. The van der Waals surface area contributed by atoms with Gasteiger partial charge in [0.1, 0.15) is 17.9 Å². The fraction of sp³-hybridized carbons (Fsp3) is 0.278. The molecule has 3 heterocycles. The number of aryl methyl sites for hydroxylation is 1. The summed E-state index contributed by atoms with van der Waals surface area (Å²) in [6.45, 7) is 4.38. The Morgan fingerprint density at radius 1 is 1.27 bits per heavy atom. The maximum absolute atomic E-state index is 12.9. The number of ether oxygens (including phenoxy) is 1. The van der Waals surface area contributed by atoms with E-state index in [-0.39, 0.29) is 5.91 Å². The Hall–Kier alpha value is -2.64. The molecule has 8 heteroatoms. The zero-order valence-corrected chi connectivity index (χ0v) is 14.9. The van der Waals surface area contributed by atoms with Crippen LogP contribution >= 0.6 is 11.6 Å². The fourth-order valence-electron chi connectivity index (χ4n) is 3.08. The molecule has 0 radical (unpaired) electrons. The highest BCUT2D eigenvalue weighted by molar-refractivity contribution is 6.31. The summed E-state index contributed by atoms with van der Waals surface area (Å²) in [5.74, 6) is 0.897. The lowest BCUT2D eigenvalue weighted by Gasteiger charge is -2.28. The third-order valence-electron chi connectivity index (χ3n) is 4.26. The Kier molecular flexibility index (Phi) is 4.48. The molecule has 1 aromatic carbocycles. The number of benzene rings is 1. The minimum absolute atomic E-state index is 0.284. The molecule has 0 aliphatic carbocycles. The number of carbonyl (C=O) groups is 1. The molecule has 1 fully saturated rings. The van der Waals surface area contributed by atoms with Gasteiger partial charge in [0.2, 0.25) is 5.71 Å². The number of hydrogen-bond acceptors (Lipinski definition) is 6. The highest BCUT2D eigenvalue weighted by atomic mass is 35.5. The Morgan fingerprint density at radius 3 is 2.85 bits per heavy atom. The lowest BCUT2D eigenvalue weighted by Crippen LogP contribution is -2.37. The van der Waals surface area contributed by atoms with Crippen molar-refractivity contribution in [1.29, 1.82) is 0 Å². The smallest absolute Gasteiger partial charge is 0.260 e. The van der Waals surface area contributed by atoms with Gasteiger partial charge in [0.25, 0.3) is 5.91 Å². The highest BCUT2D eigenvalue weighted by Gasteiger charge is 2.26. The molecule has 1 amide bonds. The molecule has 1 saturated heterocycles. The van der Waals surface area contributed by atoms with Crippen LogP contribution in [0, 0.1) is 6.92 Å². The number of furan rings is 1. The lowest BCUT2D eigenvalue weighted by atomic mass is 10.1. The molecule has 4 rings (SSSR count). The largest absolute Gasteiger partial charge is 0.442 e. The number of aromatic nitrogens is 2. The number of fused-ring (bicyclic) bond motifs is 1. The van der Waals surface area contributed by atoms with Crippen molar-refractivity contribution in [2.75, 3.05) is 36.5 Å². The summed E-state index contributed by atoms with van der Waals surface area (Å²) in [7, 11) is 0. The van der Waals surface area contributed by atoms with Crippen molar-refractivity contribution in [3.05, 3.63) is 46.9 Å². The summed E-state index contributed by atoms with van der Waals surface area (Å²) < 4.78 is 11.1. The monoisotopic (exact) mass is 372 g/mol. The van der Waals surface area contributed by atoms with Crippen LogP contribution in [0.15, 0.2) is 35.0 Å². The highest BCUT2D eigenvalue weighted by Crippen LogP contribution is 2.32. The molecular weight excluding hydrogens is 356 g/mol. The number of carbonyl (C=O) groups excluding carboxylic acids is 1. The van der Waals surface area contributed by atoms with E-state index in [0.29, 0.717) is 65.3 Å². The molecule has 1 aliphatic rings. The molecule has 2 aromatic heterocycles. The van der Waals surface area contributed by atoms with E-state index in [4.69, 9.17) is 20.8 Å². The fourth-order valence-corrected chi connectivity index (χ4v) is 3.27. The molecule has 7 nitrogen and oxygen atoms in total. The standard InChI is InChI=1S/C18H17ClN4O3/c1-11-14(17(24)22-13-4-2-3-12(19)9-13)15-16(20-10-21-18(15)26-11)23-5-7-25-8-6-23/h2-4,9-10H,5-8H2,1H3,(H,22,24). The van der Waals surface area contributed by atoms with Gasteiger partial charge in [0.15, 0.2) is 0 Å². The van der Waals surface area contributed by atoms with Gasteiger partial charge in [0, 0.05) is 23.8 Å². The predicted molar refractivity (Wildman–Crippen MR) is 99.0 cm³/mol. The Morgan fingerprint density at radius 2 is 2.08 bits per heavy atom. The van der Waals surface area contributed by atoms with Gasteiger partial charge >= 0.3 is 0 Å². The van der Waals surface area contributed by atoms with Crippen molar-refractivity contribution in [3.63, 3.8) is 0 Å². The first-order chi connectivity index (χ1) is 12.6. The van der Waals surface area contributed by atoms with Gasteiger partial charge < -0.3 is 19.4 Å². The van der Waals surface area contributed by atoms with Crippen molar-refractivity contribution in [2.24, 2.45) is 0 Å². The molecule has 0 atom stereocenters. The third kappa shape index (κ3) is 3.11. The van der Waals surface area contributed by atoms with E-state index in [1.165, 1.54) is 6.33 Å². The average Bonchev–Trinajstić information content (AvgIpc) is 2.98. The van der Waals surface area contributed by atoms with Crippen molar-refractivity contribution in [1.82, 2.24) is 9.97 Å². The van der Waals surface area contributed by atoms with Crippen LogP contribution in [0.25, 0.3) is 11.1 Å². The summed E-state index contributed by atoms with van der Waals surface area (Å²) in [4.78, 5) is 23.6. The number of morpholine rings is 1. The molecule has 3 aromatic rings. The zero-order chi connectivity index (χ0) is 18.1. The number of nitrogens with zero attached hydrogens (tertiary/aromatic N) is 3. The van der Waals surface area contributed by atoms with Gasteiger partial charge in [-0.05, 0) is 25.1 Å². The number of halogens is 1. The van der Waals surface area contributed by atoms with Crippen LogP contribution < -0.4 is 10.2 Å². The van der Waals surface area contributed by atoms with E-state index in [1.54, 1.807) is 31.2 Å².